The van der Waals surface area contributed by atoms with Crippen molar-refractivity contribution in [3.05, 3.63) is 62.9 Å². The molecule has 1 aliphatic carbocycles. The zero-order valence-electron chi connectivity index (χ0n) is 19.4. The van der Waals surface area contributed by atoms with Crippen LogP contribution in [0.2, 0.25) is 10.0 Å². The second-order valence-corrected chi connectivity index (χ2v) is 9.52. The zero-order valence-corrected chi connectivity index (χ0v) is 20.9. The summed E-state index contributed by atoms with van der Waals surface area (Å²) in [6, 6.07) is 8.58. The van der Waals surface area contributed by atoms with Crippen LogP contribution in [-0.4, -0.2) is 30.5 Å². The standard InChI is InChI=1S/C24H27Cl2FN2O2.C2H6/c25-18-9-16(10-19(26)11-18)14-29-6-3-15(4-7-29)5-8-31-23-13-22(27)21(24(28)30)12-20(23)17-1-2-17;1-2/h9-13,15,17H,1-8,14H2,(H2,28,30);1-2H3. The van der Waals surface area contributed by atoms with E-state index < -0.39 is 11.7 Å². The first kappa shape index (κ1) is 25.8. The maximum Gasteiger partial charge on any atom is 0.251 e. The highest BCUT2D eigenvalue weighted by Crippen LogP contribution is 2.45. The number of likely N-dealkylation sites (tertiary alicyclic amines) is 1. The number of hydrogen-bond acceptors (Lipinski definition) is 3. The lowest BCUT2D eigenvalue weighted by atomic mass is 9.93. The minimum Gasteiger partial charge on any atom is -0.493 e. The molecule has 1 heterocycles. The highest BCUT2D eigenvalue weighted by molar-refractivity contribution is 6.34. The molecule has 4 rings (SSSR count). The first-order valence-electron chi connectivity index (χ1n) is 11.8. The van der Waals surface area contributed by atoms with E-state index in [1.54, 1.807) is 12.1 Å². The molecule has 33 heavy (non-hydrogen) atoms. The summed E-state index contributed by atoms with van der Waals surface area (Å²) in [5.74, 6) is 0.134. The number of ether oxygens (including phenoxy) is 1. The molecule has 2 fully saturated rings. The highest BCUT2D eigenvalue weighted by atomic mass is 35.5. The molecule has 0 spiro atoms. The summed E-state index contributed by atoms with van der Waals surface area (Å²) < 4.78 is 20.2. The number of rotatable bonds is 8. The monoisotopic (exact) mass is 494 g/mol. The Hall–Kier alpha value is -1.82. The van der Waals surface area contributed by atoms with Gasteiger partial charge in [-0.2, -0.15) is 0 Å². The molecule has 0 bridgehead atoms. The minimum atomic E-state index is -0.738. The number of halogens is 3. The number of benzene rings is 2. The van der Waals surface area contributed by atoms with E-state index in [1.165, 1.54) is 6.07 Å². The van der Waals surface area contributed by atoms with Crippen LogP contribution >= 0.6 is 23.2 Å². The molecule has 2 aromatic rings. The summed E-state index contributed by atoms with van der Waals surface area (Å²) in [7, 11) is 0. The van der Waals surface area contributed by atoms with E-state index in [0.29, 0.717) is 34.2 Å². The normalized spacial score (nSPS) is 16.8. The molecule has 0 atom stereocenters. The van der Waals surface area contributed by atoms with Crippen LogP contribution in [0.25, 0.3) is 0 Å². The quantitative estimate of drug-likeness (QED) is 0.438. The molecule has 0 radical (unpaired) electrons. The van der Waals surface area contributed by atoms with E-state index in [2.05, 4.69) is 4.90 Å². The van der Waals surface area contributed by atoms with Crippen molar-refractivity contribution in [2.45, 2.75) is 58.4 Å². The molecule has 1 saturated carbocycles. The Bertz CT molecular complexity index is 937. The Morgan fingerprint density at radius 3 is 2.27 bits per heavy atom. The average Bonchev–Trinajstić information content (AvgIpc) is 3.61. The lowest BCUT2D eigenvalue weighted by molar-refractivity contribution is 0.0996. The number of carbonyl (C=O) groups is 1. The van der Waals surface area contributed by atoms with Gasteiger partial charge in [0.05, 0.1) is 12.2 Å². The fourth-order valence-electron chi connectivity index (χ4n) is 4.33. The summed E-state index contributed by atoms with van der Waals surface area (Å²) in [4.78, 5) is 13.9. The van der Waals surface area contributed by atoms with Crippen molar-refractivity contribution in [1.82, 2.24) is 4.90 Å². The van der Waals surface area contributed by atoms with Crippen LogP contribution in [-0.2, 0) is 6.54 Å². The van der Waals surface area contributed by atoms with Gasteiger partial charge in [0.2, 0.25) is 0 Å². The predicted molar refractivity (Wildman–Crippen MR) is 133 cm³/mol. The molecule has 2 aromatic carbocycles. The van der Waals surface area contributed by atoms with Gasteiger partial charge in [0.25, 0.3) is 5.91 Å². The number of amides is 1. The van der Waals surface area contributed by atoms with Gasteiger partial charge in [-0.3, -0.25) is 9.69 Å². The van der Waals surface area contributed by atoms with Gasteiger partial charge >= 0.3 is 0 Å². The van der Waals surface area contributed by atoms with E-state index in [1.807, 2.05) is 26.0 Å². The SMILES string of the molecule is CC.NC(=O)c1cc(C2CC2)c(OCCC2CCN(Cc3cc(Cl)cc(Cl)c3)CC2)cc1F. The summed E-state index contributed by atoms with van der Waals surface area (Å²) in [5, 5.41) is 1.33. The molecule has 1 amide bonds. The molecular weight excluding hydrogens is 462 g/mol. The zero-order chi connectivity index (χ0) is 24.0. The van der Waals surface area contributed by atoms with Crippen molar-refractivity contribution in [2.24, 2.45) is 11.7 Å². The maximum atomic E-state index is 14.2. The highest BCUT2D eigenvalue weighted by Gasteiger charge is 2.29. The van der Waals surface area contributed by atoms with Crippen molar-refractivity contribution < 1.29 is 13.9 Å². The molecule has 2 N–H and O–H groups in total. The third-order valence-electron chi connectivity index (χ3n) is 6.20. The van der Waals surface area contributed by atoms with Gasteiger partial charge in [-0.1, -0.05) is 37.0 Å². The third-order valence-corrected chi connectivity index (χ3v) is 6.64. The largest absolute Gasteiger partial charge is 0.493 e. The Balaban J connectivity index is 0.00000149. The lowest BCUT2D eigenvalue weighted by Gasteiger charge is -2.32. The van der Waals surface area contributed by atoms with Gasteiger partial charge < -0.3 is 10.5 Å². The summed E-state index contributed by atoms with van der Waals surface area (Å²) in [6.45, 7) is 7.43. The Kier molecular flexibility index (Phi) is 9.42. The fraction of sp³-hybridized carbons (Fsp3) is 0.500. The van der Waals surface area contributed by atoms with Crippen molar-refractivity contribution in [2.75, 3.05) is 19.7 Å². The van der Waals surface area contributed by atoms with Crippen LogP contribution in [0.4, 0.5) is 4.39 Å². The van der Waals surface area contributed by atoms with Crippen LogP contribution in [0.1, 0.15) is 73.4 Å². The van der Waals surface area contributed by atoms with E-state index in [9.17, 15) is 9.18 Å². The van der Waals surface area contributed by atoms with Crippen LogP contribution in [0.5, 0.6) is 5.75 Å². The third kappa shape index (κ3) is 7.33. The molecule has 7 heteroatoms. The molecular formula is C26H33Cl2FN2O2. The van der Waals surface area contributed by atoms with Crippen LogP contribution < -0.4 is 10.5 Å². The van der Waals surface area contributed by atoms with Gasteiger partial charge in [0.15, 0.2) is 0 Å². The Morgan fingerprint density at radius 1 is 1.06 bits per heavy atom. The Labute approximate surface area is 206 Å². The lowest BCUT2D eigenvalue weighted by Crippen LogP contribution is -2.33. The number of carbonyl (C=O) groups excluding carboxylic acids is 1. The number of nitrogens with zero attached hydrogens (tertiary/aromatic N) is 1. The molecule has 2 aliphatic rings. The summed E-state index contributed by atoms with van der Waals surface area (Å²) in [6.07, 6.45) is 5.21. The Morgan fingerprint density at radius 2 is 1.70 bits per heavy atom. The van der Waals surface area contributed by atoms with Crippen molar-refractivity contribution >= 4 is 29.1 Å². The van der Waals surface area contributed by atoms with Crippen LogP contribution in [0.3, 0.4) is 0 Å². The number of hydrogen-bond donors (Lipinski definition) is 1. The molecule has 0 aromatic heterocycles. The van der Waals surface area contributed by atoms with Crippen molar-refractivity contribution in [1.29, 1.82) is 0 Å². The van der Waals surface area contributed by atoms with Crippen LogP contribution in [0, 0.1) is 11.7 Å². The van der Waals surface area contributed by atoms with Gasteiger partial charge in [0, 0.05) is 22.7 Å². The molecule has 4 nitrogen and oxygen atoms in total. The summed E-state index contributed by atoms with van der Waals surface area (Å²) in [5.41, 5.74) is 7.28. The second-order valence-electron chi connectivity index (χ2n) is 8.64. The topological polar surface area (TPSA) is 55.6 Å². The van der Waals surface area contributed by atoms with E-state index >= 15 is 0 Å². The fourth-order valence-corrected chi connectivity index (χ4v) is 4.90. The first-order valence-corrected chi connectivity index (χ1v) is 12.6. The van der Waals surface area contributed by atoms with Gasteiger partial charge in [-0.25, -0.2) is 4.39 Å². The van der Waals surface area contributed by atoms with E-state index in [-0.39, 0.29) is 5.56 Å². The first-order chi connectivity index (χ1) is 15.9. The summed E-state index contributed by atoms with van der Waals surface area (Å²) >= 11 is 12.2. The molecule has 1 aliphatic heterocycles. The van der Waals surface area contributed by atoms with Crippen molar-refractivity contribution in [3.63, 3.8) is 0 Å². The van der Waals surface area contributed by atoms with Gasteiger partial charge in [-0.15, -0.1) is 0 Å². The molecule has 180 valence electrons. The van der Waals surface area contributed by atoms with Gasteiger partial charge in [-0.05, 0) is 92.4 Å². The molecule has 1 saturated heterocycles. The molecule has 0 unspecified atom stereocenters. The number of primary amides is 1. The predicted octanol–water partition coefficient (Wildman–Crippen LogP) is 6.82. The van der Waals surface area contributed by atoms with E-state index in [4.69, 9.17) is 33.7 Å². The smallest absolute Gasteiger partial charge is 0.251 e. The van der Waals surface area contributed by atoms with Crippen molar-refractivity contribution in [3.8, 4) is 5.75 Å². The average molecular weight is 495 g/mol. The number of piperidine rings is 1. The number of nitrogens with two attached hydrogens (primary N) is 1. The van der Waals surface area contributed by atoms with Gasteiger partial charge in [0.1, 0.15) is 11.6 Å². The second kappa shape index (κ2) is 12.0. The van der Waals surface area contributed by atoms with Crippen LogP contribution in [0.15, 0.2) is 30.3 Å². The maximum absolute atomic E-state index is 14.2. The minimum absolute atomic E-state index is 0.0531. The van der Waals surface area contributed by atoms with E-state index in [0.717, 1.165) is 62.9 Å².